The number of amides is 1. The molecule has 1 aromatic carbocycles. The first-order valence-electron chi connectivity index (χ1n) is 6.45. The Kier molecular flexibility index (Phi) is 5.32. The van der Waals surface area contributed by atoms with Gasteiger partial charge in [0.1, 0.15) is 5.82 Å². The zero-order valence-electron chi connectivity index (χ0n) is 11.6. The summed E-state index contributed by atoms with van der Waals surface area (Å²) in [5.41, 5.74) is 0.427. The molecule has 2 nitrogen and oxygen atoms in total. The predicted molar refractivity (Wildman–Crippen MR) is 72.0 cm³/mol. The van der Waals surface area contributed by atoms with Gasteiger partial charge < -0.3 is 4.90 Å². The van der Waals surface area contributed by atoms with Crippen LogP contribution in [-0.4, -0.2) is 23.9 Å². The van der Waals surface area contributed by atoms with Gasteiger partial charge >= 0.3 is 0 Å². The second kappa shape index (κ2) is 6.53. The van der Waals surface area contributed by atoms with E-state index in [1.54, 1.807) is 12.1 Å². The Labute approximate surface area is 109 Å². The van der Waals surface area contributed by atoms with Gasteiger partial charge in [-0.15, -0.1) is 0 Å². The Morgan fingerprint density at radius 2 is 1.72 bits per heavy atom. The fourth-order valence-electron chi connectivity index (χ4n) is 1.93. The SMILES string of the molecule is CC(C)CN(CC(C)C)C(=O)c1cccc(F)c1. The zero-order chi connectivity index (χ0) is 13.7. The third-order valence-electron chi connectivity index (χ3n) is 2.53. The molecule has 1 aromatic rings. The molecule has 0 aliphatic rings. The first kappa shape index (κ1) is 14.7. The van der Waals surface area contributed by atoms with Crippen LogP contribution in [0, 0.1) is 17.7 Å². The molecule has 0 fully saturated rings. The van der Waals surface area contributed by atoms with E-state index in [9.17, 15) is 9.18 Å². The maximum atomic E-state index is 13.1. The molecule has 1 amide bonds. The summed E-state index contributed by atoms with van der Waals surface area (Å²) < 4.78 is 13.1. The van der Waals surface area contributed by atoms with E-state index in [0.717, 1.165) is 0 Å². The smallest absolute Gasteiger partial charge is 0.253 e. The predicted octanol–water partition coefficient (Wildman–Crippen LogP) is 3.58. The molecule has 0 radical (unpaired) electrons. The topological polar surface area (TPSA) is 20.3 Å². The number of rotatable bonds is 5. The van der Waals surface area contributed by atoms with Crippen LogP contribution in [0.1, 0.15) is 38.1 Å². The van der Waals surface area contributed by atoms with E-state index in [4.69, 9.17) is 0 Å². The molecule has 0 saturated heterocycles. The molecule has 0 N–H and O–H groups in total. The molecule has 0 aliphatic carbocycles. The summed E-state index contributed by atoms with van der Waals surface area (Å²) in [7, 11) is 0. The maximum Gasteiger partial charge on any atom is 0.253 e. The summed E-state index contributed by atoms with van der Waals surface area (Å²) in [4.78, 5) is 14.1. The summed E-state index contributed by atoms with van der Waals surface area (Å²) in [5, 5.41) is 0. The molecule has 0 aromatic heterocycles. The summed E-state index contributed by atoms with van der Waals surface area (Å²) >= 11 is 0. The first-order valence-corrected chi connectivity index (χ1v) is 6.45. The lowest BCUT2D eigenvalue weighted by Gasteiger charge is -2.26. The normalized spacial score (nSPS) is 11.1. The van der Waals surface area contributed by atoms with E-state index in [1.807, 2.05) is 4.90 Å². The minimum atomic E-state index is -0.366. The second-order valence-electron chi connectivity index (χ2n) is 5.51. The highest BCUT2D eigenvalue weighted by Gasteiger charge is 2.18. The molecule has 0 unspecified atom stereocenters. The lowest BCUT2D eigenvalue weighted by molar-refractivity contribution is 0.0714. The molecule has 0 heterocycles. The van der Waals surface area contributed by atoms with E-state index in [-0.39, 0.29) is 11.7 Å². The lowest BCUT2D eigenvalue weighted by Crippen LogP contribution is -2.37. The molecule has 0 saturated carbocycles. The van der Waals surface area contributed by atoms with Gasteiger partial charge in [-0.1, -0.05) is 33.8 Å². The number of carbonyl (C=O) groups is 1. The summed E-state index contributed by atoms with van der Waals surface area (Å²) in [6.45, 7) is 9.71. The second-order valence-corrected chi connectivity index (χ2v) is 5.51. The zero-order valence-corrected chi connectivity index (χ0v) is 11.6. The molecule has 0 atom stereocenters. The van der Waals surface area contributed by atoms with Gasteiger partial charge in [-0.05, 0) is 30.0 Å². The number of halogens is 1. The highest BCUT2D eigenvalue weighted by Crippen LogP contribution is 2.11. The van der Waals surface area contributed by atoms with Crippen LogP contribution in [0.15, 0.2) is 24.3 Å². The summed E-state index contributed by atoms with van der Waals surface area (Å²) in [5.74, 6) is 0.356. The van der Waals surface area contributed by atoms with Gasteiger partial charge in [0.25, 0.3) is 5.91 Å². The van der Waals surface area contributed by atoms with Gasteiger partial charge in [-0.25, -0.2) is 4.39 Å². The van der Waals surface area contributed by atoms with Gasteiger partial charge in [-0.2, -0.15) is 0 Å². The Morgan fingerprint density at radius 1 is 1.17 bits per heavy atom. The van der Waals surface area contributed by atoms with E-state index < -0.39 is 0 Å². The van der Waals surface area contributed by atoms with Crippen molar-refractivity contribution in [2.24, 2.45) is 11.8 Å². The molecule has 0 aliphatic heterocycles. The van der Waals surface area contributed by atoms with Crippen molar-refractivity contribution in [3.05, 3.63) is 35.6 Å². The van der Waals surface area contributed by atoms with Crippen molar-refractivity contribution < 1.29 is 9.18 Å². The molecule has 0 spiro atoms. The number of hydrogen-bond acceptors (Lipinski definition) is 1. The average Bonchev–Trinajstić information content (AvgIpc) is 2.26. The van der Waals surface area contributed by atoms with Gasteiger partial charge in [0, 0.05) is 18.7 Å². The van der Waals surface area contributed by atoms with E-state index in [2.05, 4.69) is 27.7 Å². The van der Waals surface area contributed by atoms with Gasteiger partial charge in [-0.3, -0.25) is 4.79 Å². The largest absolute Gasteiger partial charge is 0.338 e. The third kappa shape index (κ3) is 4.47. The van der Waals surface area contributed by atoms with E-state index >= 15 is 0 Å². The molecule has 18 heavy (non-hydrogen) atoms. The van der Waals surface area contributed by atoms with Gasteiger partial charge in [0.2, 0.25) is 0 Å². The maximum absolute atomic E-state index is 13.1. The Balaban J connectivity index is 2.87. The average molecular weight is 251 g/mol. The monoisotopic (exact) mass is 251 g/mol. The fourth-order valence-corrected chi connectivity index (χ4v) is 1.93. The van der Waals surface area contributed by atoms with Crippen molar-refractivity contribution in [1.82, 2.24) is 4.90 Å². The van der Waals surface area contributed by atoms with Crippen molar-refractivity contribution in [1.29, 1.82) is 0 Å². The van der Waals surface area contributed by atoms with E-state index in [0.29, 0.717) is 30.5 Å². The van der Waals surface area contributed by atoms with Crippen molar-refractivity contribution in [2.75, 3.05) is 13.1 Å². The minimum Gasteiger partial charge on any atom is -0.338 e. The highest BCUT2D eigenvalue weighted by molar-refractivity contribution is 5.94. The Hall–Kier alpha value is -1.38. The van der Waals surface area contributed by atoms with Gasteiger partial charge in [0.05, 0.1) is 0 Å². The number of hydrogen-bond donors (Lipinski definition) is 0. The molecule has 0 bridgehead atoms. The number of carbonyl (C=O) groups excluding carboxylic acids is 1. The first-order chi connectivity index (χ1) is 8.40. The van der Waals surface area contributed by atoms with Crippen molar-refractivity contribution in [2.45, 2.75) is 27.7 Å². The molecule has 3 heteroatoms. The van der Waals surface area contributed by atoms with Crippen LogP contribution in [0.2, 0.25) is 0 Å². The quantitative estimate of drug-likeness (QED) is 0.783. The van der Waals surface area contributed by atoms with Crippen LogP contribution >= 0.6 is 0 Å². The molecule has 100 valence electrons. The minimum absolute atomic E-state index is 0.0862. The van der Waals surface area contributed by atoms with Crippen LogP contribution in [0.25, 0.3) is 0 Å². The number of benzene rings is 1. The van der Waals surface area contributed by atoms with Gasteiger partial charge in [0.15, 0.2) is 0 Å². The van der Waals surface area contributed by atoms with Crippen LogP contribution in [0.4, 0.5) is 4.39 Å². The van der Waals surface area contributed by atoms with Crippen LogP contribution in [0.5, 0.6) is 0 Å². The highest BCUT2D eigenvalue weighted by atomic mass is 19.1. The molecule has 1 rings (SSSR count). The summed E-state index contributed by atoms with van der Waals surface area (Å²) in [6, 6.07) is 5.90. The molecular weight excluding hydrogens is 229 g/mol. The Bertz CT molecular complexity index is 391. The van der Waals surface area contributed by atoms with Crippen LogP contribution in [0.3, 0.4) is 0 Å². The standard InChI is InChI=1S/C15H22FNO/c1-11(2)9-17(10-12(3)4)15(18)13-6-5-7-14(16)8-13/h5-8,11-12H,9-10H2,1-4H3. The Morgan fingerprint density at radius 3 is 2.17 bits per heavy atom. The lowest BCUT2D eigenvalue weighted by atomic mass is 10.1. The van der Waals surface area contributed by atoms with Crippen molar-refractivity contribution in [3.8, 4) is 0 Å². The van der Waals surface area contributed by atoms with Crippen molar-refractivity contribution >= 4 is 5.91 Å². The van der Waals surface area contributed by atoms with E-state index in [1.165, 1.54) is 12.1 Å². The number of nitrogens with zero attached hydrogens (tertiary/aromatic N) is 1. The summed E-state index contributed by atoms with van der Waals surface area (Å²) in [6.07, 6.45) is 0. The van der Waals surface area contributed by atoms with Crippen LogP contribution < -0.4 is 0 Å². The van der Waals surface area contributed by atoms with Crippen LogP contribution in [-0.2, 0) is 0 Å². The third-order valence-corrected chi connectivity index (χ3v) is 2.53. The molecular formula is C15H22FNO. The fraction of sp³-hybridized carbons (Fsp3) is 0.533. The van der Waals surface area contributed by atoms with Crippen molar-refractivity contribution in [3.63, 3.8) is 0 Å².